The van der Waals surface area contributed by atoms with Crippen molar-refractivity contribution in [2.75, 3.05) is 17.6 Å². The molecule has 0 unspecified atom stereocenters. The molecular formula is C11H23N5. The van der Waals surface area contributed by atoms with Crippen molar-refractivity contribution in [2.24, 2.45) is 5.92 Å². The van der Waals surface area contributed by atoms with Crippen LogP contribution in [0.5, 0.6) is 0 Å². The SMILES string of the molecule is CCC(CC)n1nc(NCC(C)C)nc1N. The fourth-order valence-corrected chi connectivity index (χ4v) is 1.61. The first-order valence-corrected chi connectivity index (χ1v) is 6.04. The summed E-state index contributed by atoms with van der Waals surface area (Å²) in [5.74, 6) is 1.71. The number of anilines is 2. The molecule has 1 aromatic heterocycles. The highest BCUT2D eigenvalue weighted by Crippen LogP contribution is 2.19. The molecule has 0 saturated heterocycles. The van der Waals surface area contributed by atoms with Gasteiger partial charge in [0.05, 0.1) is 6.04 Å². The maximum absolute atomic E-state index is 5.85. The molecule has 1 aromatic rings. The van der Waals surface area contributed by atoms with Crippen molar-refractivity contribution in [1.82, 2.24) is 14.8 Å². The van der Waals surface area contributed by atoms with Crippen molar-refractivity contribution in [3.05, 3.63) is 0 Å². The van der Waals surface area contributed by atoms with Gasteiger partial charge < -0.3 is 11.1 Å². The van der Waals surface area contributed by atoms with Crippen molar-refractivity contribution in [2.45, 2.75) is 46.6 Å². The minimum Gasteiger partial charge on any atom is -0.368 e. The Hall–Kier alpha value is -1.26. The van der Waals surface area contributed by atoms with Crippen LogP contribution in [0.3, 0.4) is 0 Å². The summed E-state index contributed by atoms with van der Waals surface area (Å²) < 4.78 is 1.82. The van der Waals surface area contributed by atoms with Gasteiger partial charge in [-0.25, -0.2) is 4.68 Å². The molecule has 0 spiro atoms. The van der Waals surface area contributed by atoms with E-state index in [1.54, 1.807) is 0 Å². The lowest BCUT2D eigenvalue weighted by molar-refractivity contribution is 0.434. The predicted molar refractivity (Wildman–Crippen MR) is 67.4 cm³/mol. The zero-order valence-electron chi connectivity index (χ0n) is 10.7. The lowest BCUT2D eigenvalue weighted by atomic mass is 10.2. The number of nitrogens with zero attached hydrogens (tertiary/aromatic N) is 3. The highest BCUT2D eigenvalue weighted by Gasteiger charge is 2.13. The van der Waals surface area contributed by atoms with Gasteiger partial charge in [-0.15, -0.1) is 5.10 Å². The minimum atomic E-state index is 0.349. The van der Waals surface area contributed by atoms with Crippen LogP contribution >= 0.6 is 0 Å². The maximum atomic E-state index is 5.85. The lowest BCUT2D eigenvalue weighted by Crippen LogP contribution is -2.13. The van der Waals surface area contributed by atoms with E-state index in [0.29, 0.717) is 23.9 Å². The average Bonchev–Trinajstić information content (AvgIpc) is 2.59. The maximum Gasteiger partial charge on any atom is 0.243 e. The Morgan fingerprint density at radius 3 is 2.44 bits per heavy atom. The van der Waals surface area contributed by atoms with Gasteiger partial charge in [0, 0.05) is 6.54 Å². The molecule has 0 atom stereocenters. The third-order valence-electron chi connectivity index (χ3n) is 2.61. The van der Waals surface area contributed by atoms with Crippen molar-refractivity contribution >= 4 is 11.9 Å². The molecule has 0 aliphatic rings. The molecule has 16 heavy (non-hydrogen) atoms. The number of nitrogens with two attached hydrogens (primary N) is 1. The summed E-state index contributed by atoms with van der Waals surface area (Å²) in [6, 6.07) is 0.349. The summed E-state index contributed by atoms with van der Waals surface area (Å²) in [6.45, 7) is 9.43. The Labute approximate surface area is 97.4 Å². The third-order valence-corrected chi connectivity index (χ3v) is 2.61. The number of nitrogen functional groups attached to an aromatic ring is 1. The topological polar surface area (TPSA) is 68.8 Å². The van der Waals surface area contributed by atoms with Crippen molar-refractivity contribution in [3.8, 4) is 0 Å². The van der Waals surface area contributed by atoms with E-state index in [1.165, 1.54) is 0 Å². The highest BCUT2D eigenvalue weighted by molar-refractivity contribution is 5.31. The Balaban J connectivity index is 2.72. The standard InChI is InChI=1S/C11H23N5/c1-5-9(6-2)16-10(12)14-11(15-16)13-7-8(3)4/h8-9H,5-7H2,1-4H3,(H3,12,13,14,15). The summed E-state index contributed by atoms with van der Waals surface area (Å²) in [6.07, 6.45) is 2.04. The van der Waals surface area contributed by atoms with Crippen LogP contribution < -0.4 is 11.1 Å². The first kappa shape index (κ1) is 12.8. The largest absolute Gasteiger partial charge is 0.368 e. The van der Waals surface area contributed by atoms with E-state index in [9.17, 15) is 0 Å². The van der Waals surface area contributed by atoms with Crippen LogP contribution in [0.4, 0.5) is 11.9 Å². The first-order valence-electron chi connectivity index (χ1n) is 6.04. The van der Waals surface area contributed by atoms with Crippen LogP contribution in [0, 0.1) is 5.92 Å². The molecule has 0 aliphatic heterocycles. The molecule has 3 N–H and O–H groups in total. The summed E-state index contributed by atoms with van der Waals surface area (Å²) in [5.41, 5.74) is 5.85. The number of nitrogens with one attached hydrogen (secondary N) is 1. The van der Waals surface area contributed by atoms with E-state index in [-0.39, 0.29) is 0 Å². The summed E-state index contributed by atoms with van der Waals surface area (Å²) in [7, 11) is 0. The molecular weight excluding hydrogens is 202 g/mol. The Morgan fingerprint density at radius 1 is 1.31 bits per heavy atom. The molecule has 0 aliphatic carbocycles. The van der Waals surface area contributed by atoms with E-state index in [2.05, 4.69) is 43.1 Å². The van der Waals surface area contributed by atoms with Gasteiger partial charge in [0.25, 0.3) is 0 Å². The Bertz CT molecular complexity index is 314. The van der Waals surface area contributed by atoms with Crippen LogP contribution in [0.25, 0.3) is 0 Å². The second-order valence-electron chi connectivity index (χ2n) is 4.48. The molecule has 0 radical (unpaired) electrons. The smallest absolute Gasteiger partial charge is 0.243 e. The Kier molecular flexibility index (Phi) is 4.58. The normalized spacial score (nSPS) is 11.4. The summed E-state index contributed by atoms with van der Waals surface area (Å²) in [5, 5.41) is 7.58. The first-order chi connectivity index (χ1) is 7.58. The van der Waals surface area contributed by atoms with Gasteiger partial charge in [-0.3, -0.25) is 0 Å². The van der Waals surface area contributed by atoms with E-state index in [4.69, 9.17) is 5.73 Å². The van der Waals surface area contributed by atoms with E-state index in [1.807, 2.05) is 4.68 Å². The van der Waals surface area contributed by atoms with Crippen LogP contribution in [-0.4, -0.2) is 21.3 Å². The third kappa shape index (κ3) is 3.12. The minimum absolute atomic E-state index is 0.349. The Morgan fingerprint density at radius 2 is 1.94 bits per heavy atom. The van der Waals surface area contributed by atoms with Crippen LogP contribution in [-0.2, 0) is 0 Å². The quantitative estimate of drug-likeness (QED) is 0.779. The molecule has 92 valence electrons. The summed E-state index contributed by atoms with van der Waals surface area (Å²) in [4.78, 5) is 4.22. The van der Waals surface area contributed by atoms with E-state index in [0.717, 1.165) is 19.4 Å². The number of aromatic nitrogens is 3. The van der Waals surface area contributed by atoms with Gasteiger partial charge >= 0.3 is 0 Å². The molecule has 0 saturated carbocycles. The van der Waals surface area contributed by atoms with Crippen molar-refractivity contribution in [1.29, 1.82) is 0 Å². The molecule has 5 heteroatoms. The summed E-state index contributed by atoms with van der Waals surface area (Å²) >= 11 is 0. The zero-order chi connectivity index (χ0) is 12.1. The van der Waals surface area contributed by atoms with Crippen molar-refractivity contribution < 1.29 is 0 Å². The number of hydrogen-bond acceptors (Lipinski definition) is 4. The fraction of sp³-hybridized carbons (Fsp3) is 0.818. The van der Waals surface area contributed by atoms with Gasteiger partial charge in [0.1, 0.15) is 0 Å². The predicted octanol–water partition coefficient (Wildman–Crippen LogP) is 2.29. The average molecular weight is 225 g/mol. The van der Waals surface area contributed by atoms with Gasteiger partial charge in [0.2, 0.25) is 11.9 Å². The van der Waals surface area contributed by atoms with Crippen LogP contribution in [0.2, 0.25) is 0 Å². The second kappa shape index (κ2) is 5.72. The monoisotopic (exact) mass is 225 g/mol. The van der Waals surface area contributed by atoms with Gasteiger partial charge in [-0.05, 0) is 18.8 Å². The van der Waals surface area contributed by atoms with Gasteiger partial charge in [-0.1, -0.05) is 27.7 Å². The number of hydrogen-bond donors (Lipinski definition) is 2. The van der Waals surface area contributed by atoms with Crippen LogP contribution in [0.15, 0.2) is 0 Å². The molecule has 0 fully saturated rings. The molecule has 1 rings (SSSR count). The van der Waals surface area contributed by atoms with Crippen molar-refractivity contribution in [3.63, 3.8) is 0 Å². The van der Waals surface area contributed by atoms with Gasteiger partial charge in [0.15, 0.2) is 0 Å². The second-order valence-corrected chi connectivity index (χ2v) is 4.48. The highest BCUT2D eigenvalue weighted by atomic mass is 15.4. The van der Waals surface area contributed by atoms with E-state index < -0.39 is 0 Å². The molecule has 0 bridgehead atoms. The zero-order valence-corrected chi connectivity index (χ0v) is 10.7. The van der Waals surface area contributed by atoms with E-state index >= 15 is 0 Å². The molecule has 1 heterocycles. The molecule has 0 amide bonds. The molecule has 5 nitrogen and oxygen atoms in total. The van der Waals surface area contributed by atoms with Gasteiger partial charge in [-0.2, -0.15) is 4.98 Å². The lowest BCUT2D eigenvalue weighted by Gasteiger charge is -2.12. The fourth-order valence-electron chi connectivity index (χ4n) is 1.61. The number of rotatable bonds is 6. The molecule has 0 aromatic carbocycles. The van der Waals surface area contributed by atoms with Crippen LogP contribution in [0.1, 0.15) is 46.6 Å².